The van der Waals surface area contributed by atoms with Crippen molar-refractivity contribution in [3.8, 4) is 0 Å². The van der Waals surface area contributed by atoms with E-state index in [-0.39, 0.29) is 11.2 Å². The molecular weight excluding hydrogens is 457 g/mol. The zero-order chi connectivity index (χ0) is 20.1. The van der Waals surface area contributed by atoms with E-state index in [2.05, 4.69) is 85.2 Å². The summed E-state index contributed by atoms with van der Waals surface area (Å²) in [5, 5.41) is 2.38. The van der Waals surface area contributed by atoms with Crippen molar-refractivity contribution < 1.29 is 4.79 Å². The Balaban J connectivity index is 1.96. The molecule has 28 heavy (non-hydrogen) atoms. The molecule has 0 atom stereocenters. The Morgan fingerprint density at radius 3 is 2.21 bits per heavy atom. The predicted molar refractivity (Wildman–Crippen MR) is 126 cm³/mol. The van der Waals surface area contributed by atoms with Crippen LogP contribution in [0.25, 0.3) is 21.8 Å². The average molecular weight is 481 g/mol. The van der Waals surface area contributed by atoms with Gasteiger partial charge in [0.25, 0.3) is 0 Å². The summed E-state index contributed by atoms with van der Waals surface area (Å²) >= 11 is 2.23. The molecule has 2 nitrogen and oxygen atoms in total. The van der Waals surface area contributed by atoms with E-state index in [4.69, 9.17) is 0 Å². The summed E-state index contributed by atoms with van der Waals surface area (Å²) in [6.07, 6.45) is 0. The van der Waals surface area contributed by atoms with Crippen molar-refractivity contribution in [3.63, 3.8) is 0 Å². The summed E-state index contributed by atoms with van der Waals surface area (Å²) in [4.78, 5) is 13.1. The normalized spacial score (nSPS) is 12.0. The highest BCUT2D eigenvalue weighted by atomic mass is 127. The van der Waals surface area contributed by atoms with Crippen LogP contribution in [0, 0.1) is 3.57 Å². The van der Waals surface area contributed by atoms with Gasteiger partial charge >= 0.3 is 0 Å². The van der Waals surface area contributed by atoms with Crippen LogP contribution in [-0.4, -0.2) is 10.4 Å². The van der Waals surface area contributed by atoms with Crippen LogP contribution < -0.4 is 0 Å². The van der Waals surface area contributed by atoms with E-state index < -0.39 is 0 Å². The maximum atomic E-state index is 13.1. The molecule has 3 heteroatoms. The highest BCUT2D eigenvalue weighted by molar-refractivity contribution is 14.1. The maximum Gasteiger partial charge on any atom is 0.194 e. The topological polar surface area (TPSA) is 22.0 Å². The average Bonchev–Trinajstić information content (AvgIpc) is 2.99. The second-order valence-corrected chi connectivity index (χ2v) is 9.43. The highest BCUT2D eigenvalue weighted by Crippen LogP contribution is 2.34. The molecule has 0 amide bonds. The quantitative estimate of drug-likeness (QED) is 0.229. The predicted octanol–water partition coefficient (Wildman–Crippen LogP) is 6.95. The number of rotatable bonds is 3. The van der Waals surface area contributed by atoms with Gasteiger partial charge in [0.05, 0.1) is 0 Å². The zero-order valence-electron chi connectivity index (χ0n) is 16.7. The summed E-state index contributed by atoms with van der Waals surface area (Å²) in [5.41, 5.74) is 5.31. The summed E-state index contributed by atoms with van der Waals surface area (Å²) in [7, 11) is 0. The van der Waals surface area contributed by atoms with Crippen molar-refractivity contribution >= 4 is 50.2 Å². The Morgan fingerprint density at radius 2 is 1.57 bits per heavy atom. The van der Waals surface area contributed by atoms with Gasteiger partial charge in [-0.25, -0.2) is 0 Å². The lowest BCUT2D eigenvalue weighted by Crippen LogP contribution is -2.10. The molecule has 0 aliphatic heterocycles. The molecule has 0 spiro atoms. The fraction of sp³-hybridized carbons (Fsp3) is 0.240. The summed E-state index contributed by atoms with van der Waals surface area (Å²) < 4.78 is 3.31. The fourth-order valence-electron chi connectivity index (χ4n) is 3.85. The van der Waals surface area contributed by atoms with Crippen LogP contribution in [0.5, 0.6) is 0 Å². The van der Waals surface area contributed by atoms with E-state index >= 15 is 0 Å². The largest absolute Gasteiger partial charge is 0.341 e. The first-order chi connectivity index (χ1) is 13.3. The van der Waals surface area contributed by atoms with Gasteiger partial charge in [-0.05, 0) is 83.0 Å². The molecule has 0 unspecified atom stereocenters. The molecule has 0 bridgehead atoms. The minimum Gasteiger partial charge on any atom is -0.341 e. The van der Waals surface area contributed by atoms with Crippen molar-refractivity contribution in [2.24, 2.45) is 0 Å². The van der Waals surface area contributed by atoms with Crippen LogP contribution in [0.3, 0.4) is 0 Å². The molecule has 142 valence electrons. The van der Waals surface area contributed by atoms with E-state index in [1.807, 2.05) is 30.3 Å². The standard InChI is InChI=1S/C25H24INO/c1-5-27-22-12-10-16(24(28)18-8-6-7-9-21(18)26)14-19(22)20-15-17(25(2,3)4)11-13-23(20)27/h6-15H,5H2,1-4H3. The third-order valence-corrected chi connectivity index (χ3v) is 6.37. The van der Waals surface area contributed by atoms with E-state index in [1.54, 1.807) is 0 Å². The molecule has 0 aliphatic rings. The van der Waals surface area contributed by atoms with Crippen LogP contribution in [0.4, 0.5) is 0 Å². The number of carbonyl (C=O) groups is 1. The third kappa shape index (κ3) is 3.16. The fourth-order valence-corrected chi connectivity index (χ4v) is 4.49. The molecule has 1 heterocycles. The van der Waals surface area contributed by atoms with Gasteiger partial charge in [-0.2, -0.15) is 0 Å². The van der Waals surface area contributed by atoms with Gasteiger partial charge < -0.3 is 4.57 Å². The number of aromatic nitrogens is 1. The van der Waals surface area contributed by atoms with E-state index in [0.29, 0.717) is 0 Å². The Bertz CT molecular complexity index is 1210. The van der Waals surface area contributed by atoms with Crippen molar-refractivity contribution in [2.75, 3.05) is 0 Å². The molecule has 0 saturated carbocycles. The Morgan fingerprint density at radius 1 is 0.929 bits per heavy atom. The number of hydrogen-bond acceptors (Lipinski definition) is 1. The Kier molecular flexibility index (Phi) is 4.82. The first-order valence-electron chi connectivity index (χ1n) is 9.67. The van der Waals surface area contributed by atoms with Crippen LogP contribution >= 0.6 is 22.6 Å². The third-order valence-electron chi connectivity index (χ3n) is 5.43. The van der Waals surface area contributed by atoms with Gasteiger partial charge in [0.2, 0.25) is 0 Å². The Hall–Kier alpha value is -2.14. The summed E-state index contributed by atoms with van der Waals surface area (Å²) in [5.74, 6) is 0.0799. The minimum absolute atomic E-state index is 0.0799. The van der Waals surface area contributed by atoms with Crippen LogP contribution in [0.1, 0.15) is 49.2 Å². The second kappa shape index (κ2) is 7.03. The SMILES string of the molecule is CCn1c2ccc(C(=O)c3ccccc3I)cc2c2cc(C(C)(C)C)ccc21. The van der Waals surface area contributed by atoms with Crippen LogP contribution in [0.2, 0.25) is 0 Å². The van der Waals surface area contributed by atoms with Gasteiger partial charge in [0, 0.05) is 43.0 Å². The van der Waals surface area contributed by atoms with Gasteiger partial charge in [-0.3, -0.25) is 4.79 Å². The van der Waals surface area contributed by atoms with E-state index in [9.17, 15) is 4.79 Å². The molecule has 3 aromatic carbocycles. The van der Waals surface area contributed by atoms with Gasteiger partial charge in [0.15, 0.2) is 5.78 Å². The molecule has 0 radical (unpaired) electrons. The van der Waals surface area contributed by atoms with Crippen molar-refractivity contribution in [1.82, 2.24) is 4.57 Å². The molecular formula is C25H24INO. The van der Waals surface area contributed by atoms with Gasteiger partial charge in [-0.1, -0.05) is 39.0 Å². The number of ketones is 1. The van der Waals surface area contributed by atoms with Gasteiger partial charge in [0.1, 0.15) is 0 Å². The summed E-state index contributed by atoms with van der Waals surface area (Å²) in [6.45, 7) is 9.78. The first-order valence-corrected chi connectivity index (χ1v) is 10.7. The lowest BCUT2D eigenvalue weighted by atomic mass is 9.86. The van der Waals surface area contributed by atoms with Crippen molar-refractivity contribution in [2.45, 2.75) is 39.7 Å². The molecule has 0 fully saturated rings. The number of hydrogen-bond donors (Lipinski definition) is 0. The van der Waals surface area contributed by atoms with Gasteiger partial charge in [-0.15, -0.1) is 0 Å². The van der Waals surface area contributed by atoms with Crippen molar-refractivity contribution in [1.29, 1.82) is 0 Å². The Labute approximate surface area is 179 Å². The number of nitrogens with zero attached hydrogens (tertiary/aromatic N) is 1. The zero-order valence-corrected chi connectivity index (χ0v) is 18.9. The van der Waals surface area contributed by atoms with Crippen LogP contribution in [0.15, 0.2) is 60.7 Å². The highest BCUT2D eigenvalue weighted by Gasteiger charge is 2.19. The van der Waals surface area contributed by atoms with E-state index in [0.717, 1.165) is 26.6 Å². The number of benzene rings is 3. The smallest absolute Gasteiger partial charge is 0.194 e. The molecule has 1 aromatic heterocycles. The second-order valence-electron chi connectivity index (χ2n) is 8.27. The maximum absolute atomic E-state index is 13.1. The lowest BCUT2D eigenvalue weighted by Gasteiger charge is -2.19. The molecule has 4 aromatic rings. The van der Waals surface area contributed by atoms with Crippen LogP contribution in [-0.2, 0) is 12.0 Å². The molecule has 0 aliphatic carbocycles. The monoisotopic (exact) mass is 481 g/mol. The number of carbonyl (C=O) groups excluding carboxylic acids is 1. The van der Waals surface area contributed by atoms with Crippen molar-refractivity contribution in [3.05, 3.63) is 80.9 Å². The number of fused-ring (bicyclic) bond motifs is 3. The minimum atomic E-state index is 0.0799. The lowest BCUT2D eigenvalue weighted by molar-refractivity contribution is 0.103. The number of aryl methyl sites for hydroxylation is 1. The van der Waals surface area contributed by atoms with E-state index in [1.165, 1.54) is 22.0 Å². The number of halogens is 1. The summed E-state index contributed by atoms with van der Waals surface area (Å²) in [6, 6.07) is 20.6. The molecule has 4 rings (SSSR count). The molecule has 0 N–H and O–H groups in total. The first kappa shape index (κ1) is 19.2. The molecule has 0 saturated heterocycles.